The van der Waals surface area contributed by atoms with Gasteiger partial charge in [-0.1, -0.05) is 41.9 Å². The van der Waals surface area contributed by atoms with Crippen LogP contribution >= 0.6 is 11.6 Å². The van der Waals surface area contributed by atoms with Gasteiger partial charge in [-0.05, 0) is 37.1 Å². The Morgan fingerprint density at radius 1 is 0.848 bits per heavy atom. The minimum atomic E-state index is 0.00864. The fourth-order valence-electron chi connectivity index (χ4n) is 4.66. The minimum absolute atomic E-state index is 0.00864. The number of benzene rings is 2. The molecule has 0 spiro atoms. The van der Waals surface area contributed by atoms with Crippen molar-refractivity contribution in [2.45, 2.75) is 12.8 Å². The number of fused-ring (bicyclic) bond motifs is 1. The average molecular weight is 463 g/mol. The molecule has 2 fully saturated rings. The highest BCUT2D eigenvalue weighted by Crippen LogP contribution is 2.27. The number of halogens is 1. The van der Waals surface area contributed by atoms with Gasteiger partial charge < -0.3 is 9.80 Å². The van der Waals surface area contributed by atoms with Crippen LogP contribution in [0.5, 0.6) is 0 Å². The minimum Gasteiger partial charge on any atom is -0.342 e. The summed E-state index contributed by atoms with van der Waals surface area (Å²) in [6.45, 7) is 4.83. The van der Waals surface area contributed by atoms with Crippen molar-refractivity contribution in [3.63, 3.8) is 0 Å². The zero-order valence-electron chi connectivity index (χ0n) is 18.5. The summed E-state index contributed by atoms with van der Waals surface area (Å²) in [5, 5.41) is 1.52. The predicted octanol–water partition coefficient (Wildman–Crippen LogP) is 3.94. The van der Waals surface area contributed by atoms with Gasteiger partial charge in [-0.3, -0.25) is 14.5 Å². The molecular formula is C26H27ClN4O2. The normalized spacial score (nSPS) is 17.0. The Kier molecular flexibility index (Phi) is 6.29. The third-order valence-electron chi connectivity index (χ3n) is 6.56. The molecule has 0 bridgehead atoms. The second kappa shape index (κ2) is 9.49. The number of hydrogen-bond acceptors (Lipinski definition) is 4. The van der Waals surface area contributed by atoms with Crippen molar-refractivity contribution in [1.29, 1.82) is 0 Å². The highest BCUT2D eigenvalue weighted by Gasteiger charge is 2.27. The predicted molar refractivity (Wildman–Crippen MR) is 130 cm³/mol. The molecule has 0 radical (unpaired) electrons. The first-order chi connectivity index (χ1) is 16.1. The third-order valence-corrected chi connectivity index (χ3v) is 6.82. The Morgan fingerprint density at radius 3 is 2.27 bits per heavy atom. The monoisotopic (exact) mass is 462 g/mol. The molecule has 2 amide bonds. The van der Waals surface area contributed by atoms with Crippen LogP contribution in [-0.4, -0.2) is 77.3 Å². The van der Waals surface area contributed by atoms with Gasteiger partial charge in [-0.15, -0.1) is 0 Å². The van der Waals surface area contributed by atoms with Gasteiger partial charge >= 0.3 is 0 Å². The van der Waals surface area contributed by atoms with E-state index in [0.717, 1.165) is 48.1 Å². The standard InChI is InChI=1S/C26H27ClN4O2/c27-20-9-7-19(8-10-20)24-17-22(21-5-1-2-6-23(21)28-24)26(33)31-15-13-29(14-16-31)18-25(32)30-11-3-4-12-30/h1-2,5-10,17H,3-4,11-16,18H2. The Labute approximate surface area is 198 Å². The Morgan fingerprint density at radius 2 is 1.55 bits per heavy atom. The second-order valence-electron chi connectivity index (χ2n) is 8.74. The largest absolute Gasteiger partial charge is 0.342 e. The van der Waals surface area contributed by atoms with Crippen LogP contribution in [0.15, 0.2) is 54.6 Å². The molecule has 3 aromatic rings. The zero-order chi connectivity index (χ0) is 22.8. The number of piperazine rings is 1. The van der Waals surface area contributed by atoms with Gasteiger partial charge in [-0.2, -0.15) is 0 Å². The molecule has 6 nitrogen and oxygen atoms in total. The summed E-state index contributed by atoms with van der Waals surface area (Å²) in [7, 11) is 0. The summed E-state index contributed by atoms with van der Waals surface area (Å²) in [5.41, 5.74) is 3.13. The van der Waals surface area contributed by atoms with E-state index in [0.29, 0.717) is 43.3 Å². The molecule has 3 heterocycles. The number of carbonyl (C=O) groups is 2. The number of pyridine rings is 1. The van der Waals surface area contributed by atoms with Crippen molar-refractivity contribution >= 4 is 34.3 Å². The van der Waals surface area contributed by atoms with Gasteiger partial charge in [0.05, 0.1) is 23.3 Å². The maximum atomic E-state index is 13.6. The molecule has 5 rings (SSSR count). The first-order valence-electron chi connectivity index (χ1n) is 11.5. The molecule has 33 heavy (non-hydrogen) atoms. The fraction of sp³-hybridized carbons (Fsp3) is 0.346. The second-order valence-corrected chi connectivity index (χ2v) is 9.17. The first-order valence-corrected chi connectivity index (χ1v) is 11.9. The maximum absolute atomic E-state index is 13.6. The van der Waals surface area contributed by atoms with E-state index in [1.807, 2.05) is 64.4 Å². The van der Waals surface area contributed by atoms with E-state index < -0.39 is 0 Å². The molecular weight excluding hydrogens is 436 g/mol. The third kappa shape index (κ3) is 4.72. The molecule has 2 aliphatic rings. The molecule has 1 aromatic heterocycles. The van der Waals surface area contributed by atoms with Gasteiger partial charge in [0.2, 0.25) is 5.91 Å². The molecule has 0 saturated carbocycles. The van der Waals surface area contributed by atoms with Crippen LogP contribution in [-0.2, 0) is 4.79 Å². The summed E-state index contributed by atoms with van der Waals surface area (Å²) in [6, 6.07) is 17.1. The number of para-hydroxylation sites is 1. The lowest BCUT2D eigenvalue weighted by Crippen LogP contribution is -2.51. The highest BCUT2D eigenvalue weighted by atomic mass is 35.5. The van der Waals surface area contributed by atoms with Crippen molar-refractivity contribution in [3.8, 4) is 11.3 Å². The van der Waals surface area contributed by atoms with Crippen LogP contribution in [0.2, 0.25) is 5.02 Å². The lowest BCUT2D eigenvalue weighted by atomic mass is 10.0. The van der Waals surface area contributed by atoms with Gasteiger partial charge in [-0.25, -0.2) is 4.98 Å². The van der Waals surface area contributed by atoms with Crippen LogP contribution in [0.3, 0.4) is 0 Å². The molecule has 0 atom stereocenters. The van der Waals surface area contributed by atoms with Crippen LogP contribution in [0, 0.1) is 0 Å². The van der Waals surface area contributed by atoms with Gasteiger partial charge in [0.1, 0.15) is 0 Å². The van der Waals surface area contributed by atoms with E-state index in [4.69, 9.17) is 16.6 Å². The van der Waals surface area contributed by atoms with Gasteiger partial charge in [0.25, 0.3) is 5.91 Å². The number of aromatic nitrogens is 1. The first kappa shape index (κ1) is 21.9. The fourth-order valence-corrected chi connectivity index (χ4v) is 4.78. The molecule has 7 heteroatoms. The number of nitrogens with zero attached hydrogens (tertiary/aromatic N) is 4. The molecule has 170 valence electrons. The Bertz CT molecular complexity index is 1170. The van der Waals surface area contributed by atoms with E-state index in [1.165, 1.54) is 0 Å². The number of rotatable bonds is 4. The summed E-state index contributed by atoms with van der Waals surface area (Å²) in [4.78, 5) is 36.8. The average Bonchev–Trinajstić information content (AvgIpc) is 3.39. The van der Waals surface area contributed by atoms with E-state index in [-0.39, 0.29) is 11.8 Å². The quantitative estimate of drug-likeness (QED) is 0.589. The Balaban J connectivity index is 1.34. The van der Waals surface area contributed by atoms with Crippen molar-refractivity contribution in [2.75, 3.05) is 45.8 Å². The maximum Gasteiger partial charge on any atom is 0.254 e. The van der Waals surface area contributed by atoms with Crippen LogP contribution in [0.25, 0.3) is 22.2 Å². The van der Waals surface area contributed by atoms with Crippen LogP contribution < -0.4 is 0 Å². The molecule has 0 unspecified atom stereocenters. The number of likely N-dealkylation sites (tertiary alicyclic amines) is 1. The van der Waals surface area contributed by atoms with E-state index in [2.05, 4.69) is 4.90 Å². The van der Waals surface area contributed by atoms with Crippen LogP contribution in [0.1, 0.15) is 23.2 Å². The summed E-state index contributed by atoms with van der Waals surface area (Å²) in [6.07, 6.45) is 2.21. The molecule has 2 aromatic carbocycles. The van der Waals surface area contributed by atoms with E-state index in [9.17, 15) is 9.59 Å². The lowest BCUT2D eigenvalue weighted by Gasteiger charge is -2.35. The smallest absolute Gasteiger partial charge is 0.254 e. The van der Waals surface area contributed by atoms with Crippen molar-refractivity contribution < 1.29 is 9.59 Å². The van der Waals surface area contributed by atoms with Crippen molar-refractivity contribution in [2.24, 2.45) is 0 Å². The number of amides is 2. The molecule has 2 aliphatic heterocycles. The summed E-state index contributed by atoms with van der Waals surface area (Å²) in [5.74, 6) is 0.217. The van der Waals surface area contributed by atoms with Crippen molar-refractivity contribution in [1.82, 2.24) is 19.7 Å². The van der Waals surface area contributed by atoms with E-state index in [1.54, 1.807) is 0 Å². The van der Waals surface area contributed by atoms with Crippen LogP contribution in [0.4, 0.5) is 0 Å². The SMILES string of the molecule is O=C(CN1CCN(C(=O)c2cc(-c3ccc(Cl)cc3)nc3ccccc23)CC1)N1CCCC1. The number of hydrogen-bond donors (Lipinski definition) is 0. The lowest BCUT2D eigenvalue weighted by molar-refractivity contribution is -0.131. The highest BCUT2D eigenvalue weighted by molar-refractivity contribution is 6.30. The zero-order valence-corrected chi connectivity index (χ0v) is 19.3. The molecule has 2 saturated heterocycles. The molecule has 0 aliphatic carbocycles. The van der Waals surface area contributed by atoms with Gasteiger partial charge in [0.15, 0.2) is 0 Å². The molecule has 0 N–H and O–H groups in total. The number of carbonyl (C=O) groups excluding carboxylic acids is 2. The summed E-state index contributed by atoms with van der Waals surface area (Å²) >= 11 is 6.05. The van der Waals surface area contributed by atoms with Crippen molar-refractivity contribution in [3.05, 3.63) is 65.2 Å². The topological polar surface area (TPSA) is 56.8 Å². The van der Waals surface area contributed by atoms with E-state index >= 15 is 0 Å². The summed E-state index contributed by atoms with van der Waals surface area (Å²) < 4.78 is 0. The van der Waals surface area contributed by atoms with Gasteiger partial charge in [0, 0.05) is 55.2 Å². The Hall–Kier alpha value is -2.96.